The smallest absolute Gasteiger partial charge is 0.303 e. The Bertz CT molecular complexity index is 1320. The molecule has 0 radical (unpaired) electrons. The van der Waals surface area contributed by atoms with Gasteiger partial charge in [-0.15, -0.1) is 5.10 Å². The van der Waals surface area contributed by atoms with E-state index in [0.29, 0.717) is 5.82 Å². The molecular formula is C24H24F3N5O5S. The van der Waals surface area contributed by atoms with Gasteiger partial charge in [0.15, 0.2) is 23.6 Å². The predicted octanol–water partition coefficient (Wildman–Crippen LogP) is 3.53. The first-order valence-corrected chi connectivity index (χ1v) is 12.3. The number of nitrogen functional groups attached to an aromatic ring is 1. The van der Waals surface area contributed by atoms with Gasteiger partial charge in [0, 0.05) is 36.4 Å². The molecule has 202 valence electrons. The monoisotopic (exact) mass is 551 g/mol. The van der Waals surface area contributed by atoms with Crippen LogP contribution >= 0.6 is 11.8 Å². The second-order valence-electron chi connectivity index (χ2n) is 8.64. The first-order valence-electron chi connectivity index (χ1n) is 11.4. The summed E-state index contributed by atoms with van der Waals surface area (Å²) >= 11 is 1.33. The summed E-state index contributed by atoms with van der Waals surface area (Å²) in [7, 11) is 0. The summed E-state index contributed by atoms with van der Waals surface area (Å²) in [5.41, 5.74) is 5.27. The molecule has 3 aromatic rings. The zero-order valence-corrected chi connectivity index (χ0v) is 21.3. The number of halogens is 3. The van der Waals surface area contributed by atoms with Crippen molar-refractivity contribution in [1.29, 1.82) is 0 Å². The lowest BCUT2D eigenvalue weighted by Gasteiger charge is -2.44. The quantitative estimate of drug-likeness (QED) is 0.344. The molecule has 0 spiro atoms. The molecule has 38 heavy (non-hydrogen) atoms. The van der Waals surface area contributed by atoms with Crippen molar-refractivity contribution in [2.45, 2.75) is 49.4 Å². The van der Waals surface area contributed by atoms with Crippen LogP contribution in [-0.2, 0) is 23.8 Å². The SMILES string of the molecule is CC(=O)OCC1O[C@H](Sc2ccnc(N)c2)C(C)[C@@H](n2cc(-c3cc(F)c(F)c(F)c3)nn2)[C@H]1OC(C)=O. The Morgan fingerprint density at radius 3 is 2.50 bits per heavy atom. The number of nitrogens with zero attached hydrogens (tertiary/aromatic N) is 4. The maximum Gasteiger partial charge on any atom is 0.303 e. The van der Waals surface area contributed by atoms with Gasteiger partial charge in [-0.1, -0.05) is 23.9 Å². The van der Waals surface area contributed by atoms with Crippen LogP contribution in [0.2, 0.25) is 0 Å². The number of carbonyl (C=O) groups excluding carboxylic acids is 2. The number of aromatic nitrogens is 4. The van der Waals surface area contributed by atoms with Crippen LogP contribution in [0.3, 0.4) is 0 Å². The van der Waals surface area contributed by atoms with Gasteiger partial charge in [0.1, 0.15) is 29.7 Å². The number of hydrogen-bond acceptors (Lipinski definition) is 10. The van der Waals surface area contributed by atoms with Crippen molar-refractivity contribution in [3.05, 3.63) is 54.1 Å². The molecule has 1 aromatic carbocycles. The van der Waals surface area contributed by atoms with Gasteiger partial charge < -0.3 is 19.9 Å². The number of anilines is 1. The van der Waals surface area contributed by atoms with Crippen molar-refractivity contribution in [3.8, 4) is 11.3 Å². The number of nitrogens with two attached hydrogens (primary N) is 1. The largest absolute Gasteiger partial charge is 0.463 e. The zero-order chi connectivity index (χ0) is 27.6. The Morgan fingerprint density at radius 2 is 1.87 bits per heavy atom. The van der Waals surface area contributed by atoms with Crippen LogP contribution in [-0.4, -0.2) is 56.2 Å². The van der Waals surface area contributed by atoms with Gasteiger partial charge >= 0.3 is 11.9 Å². The van der Waals surface area contributed by atoms with Crippen molar-refractivity contribution < 1.29 is 37.0 Å². The van der Waals surface area contributed by atoms with E-state index in [2.05, 4.69) is 15.3 Å². The maximum absolute atomic E-state index is 13.8. The number of pyridine rings is 1. The van der Waals surface area contributed by atoms with E-state index in [1.54, 1.807) is 18.3 Å². The summed E-state index contributed by atoms with van der Waals surface area (Å²) < 4.78 is 59.6. The molecule has 2 aromatic heterocycles. The van der Waals surface area contributed by atoms with Gasteiger partial charge in [-0.2, -0.15) is 0 Å². The van der Waals surface area contributed by atoms with Gasteiger partial charge in [-0.3, -0.25) is 9.59 Å². The van der Waals surface area contributed by atoms with E-state index in [1.165, 1.54) is 36.5 Å². The lowest BCUT2D eigenvalue weighted by molar-refractivity contribution is -0.191. The van der Waals surface area contributed by atoms with Crippen molar-refractivity contribution in [2.24, 2.45) is 5.92 Å². The Morgan fingerprint density at radius 1 is 1.16 bits per heavy atom. The molecule has 0 aliphatic carbocycles. The fraction of sp³-hybridized carbons (Fsp3) is 0.375. The topological polar surface area (TPSA) is 131 Å². The van der Waals surface area contributed by atoms with Crippen molar-refractivity contribution >= 4 is 29.5 Å². The highest BCUT2D eigenvalue weighted by Gasteiger charge is 2.48. The molecule has 3 heterocycles. The molecule has 0 amide bonds. The molecule has 1 aliphatic heterocycles. The van der Waals surface area contributed by atoms with Crippen LogP contribution in [0.25, 0.3) is 11.3 Å². The molecule has 1 saturated heterocycles. The van der Waals surface area contributed by atoms with E-state index in [1.807, 2.05) is 6.92 Å². The maximum atomic E-state index is 13.8. The van der Waals surface area contributed by atoms with E-state index in [-0.39, 0.29) is 17.9 Å². The van der Waals surface area contributed by atoms with Gasteiger partial charge in [0.05, 0.1) is 12.2 Å². The molecule has 14 heteroatoms. The standard InChI is InChI=1S/C24H24F3N5O5S/c1-11-22(32-9-18(30-31-32)14-6-16(25)21(27)17(26)7-14)23(36-13(3)34)19(10-35-12(2)33)37-24(11)38-15-4-5-29-20(28)8-15/h4-9,11,19,22-24H,10H2,1-3H3,(H2,28,29)/t11?,19?,22-,23+,24-/m1/s1. The van der Waals surface area contributed by atoms with Crippen LogP contribution in [0.4, 0.5) is 19.0 Å². The van der Waals surface area contributed by atoms with Crippen molar-refractivity contribution in [1.82, 2.24) is 20.0 Å². The molecule has 2 unspecified atom stereocenters. The first-order chi connectivity index (χ1) is 18.0. The number of benzene rings is 1. The highest BCUT2D eigenvalue weighted by atomic mass is 32.2. The molecule has 0 bridgehead atoms. The molecular weight excluding hydrogens is 527 g/mol. The molecule has 1 aliphatic rings. The number of thioether (sulfide) groups is 1. The van der Waals surface area contributed by atoms with Crippen molar-refractivity contribution in [2.75, 3.05) is 12.3 Å². The summed E-state index contributed by atoms with van der Waals surface area (Å²) in [5, 5.41) is 8.13. The van der Waals surface area contributed by atoms with E-state index in [0.717, 1.165) is 17.0 Å². The summed E-state index contributed by atoms with van der Waals surface area (Å²) in [5.74, 6) is -5.60. The molecule has 1 fully saturated rings. The minimum atomic E-state index is -1.60. The summed E-state index contributed by atoms with van der Waals surface area (Å²) in [6.45, 7) is 4.08. The second kappa shape index (κ2) is 11.4. The van der Waals surface area contributed by atoms with Crippen LogP contribution in [0.1, 0.15) is 26.8 Å². The Hall–Kier alpha value is -3.65. The Kier molecular flexibility index (Phi) is 8.21. The van der Waals surface area contributed by atoms with Crippen LogP contribution < -0.4 is 5.73 Å². The fourth-order valence-electron chi connectivity index (χ4n) is 4.14. The predicted molar refractivity (Wildman–Crippen MR) is 129 cm³/mol. The van der Waals surface area contributed by atoms with Gasteiger partial charge in [-0.05, 0) is 24.3 Å². The fourth-order valence-corrected chi connectivity index (χ4v) is 5.31. The third kappa shape index (κ3) is 6.07. The van der Waals surface area contributed by atoms with Crippen LogP contribution in [0.5, 0.6) is 0 Å². The zero-order valence-electron chi connectivity index (χ0n) is 20.5. The Balaban J connectivity index is 1.73. The average molecular weight is 552 g/mol. The van der Waals surface area contributed by atoms with E-state index in [9.17, 15) is 22.8 Å². The molecule has 2 N–H and O–H groups in total. The van der Waals surface area contributed by atoms with E-state index < -0.39 is 59.0 Å². The van der Waals surface area contributed by atoms with Gasteiger partial charge in [0.2, 0.25) is 0 Å². The van der Waals surface area contributed by atoms with Crippen LogP contribution in [0, 0.1) is 23.4 Å². The summed E-state index contributed by atoms with van der Waals surface area (Å²) in [6.07, 6.45) is 1.08. The van der Waals surface area contributed by atoms with E-state index >= 15 is 0 Å². The van der Waals surface area contributed by atoms with Crippen LogP contribution in [0.15, 0.2) is 41.6 Å². The second-order valence-corrected chi connectivity index (χ2v) is 9.81. The lowest BCUT2D eigenvalue weighted by Crippen LogP contribution is -2.53. The number of hydrogen-bond donors (Lipinski definition) is 1. The third-order valence-corrected chi connectivity index (χ3v) is 7.13. The number of rotatable bonds is 7. The summed E-state index contributed by atoms with van der Waals surface area (Å²) in [6, 6.07) is 4.32. The van der Waals surface area contributed by atoms with Crippen molar-refractivity contribution in [3.63, 3.8) is 0 Å². The van der Waals surface area contributed by atoms with E-state index in [4.69, 9.17) is 19.9 Å². The highest BCUT2D eigenvalue weighted by molar-refractivity contribution is 7.99. The summed E-state index contributed by atoms with van der Waals surface area (Å²) in [4.78, 5) is 28.3. The molecule has 0 saturated carbocycles. The van der Waals surface area contributed by atoms with Gasteiger partial charge in [-0.25, -0.2) is 22.8 Å². The normalized spacial score (nSPS) is 23.2. The number of esters is 2. The molecule has 4 rings (SSSR count). The minimum absolute atomic E-state index is 0.0361. The first kappa shape index (κ1) is 27.4. The minimum Gasteiger partial charge on any atom is -0.463 e. The number of carbonyl (C=O) groups is 2. The highest BCUT2D eigenvalue weighted by Crippen LogP contribution is 2.43. The Labute approximate surface area is 219 Å². The number of ether oxygens (including phenoxy) is 3. The third-order valence-electron chi connectivity index (χ3n) is 5.83. The van der Waals surface area contributed by atoms with Gasteiger partial charge in [0.25, 0.3) is 0 Å². The lowest BCUT2D eigenvalue weighted by atomic mass is 9.90. The average Bonchev–Trinajstić information content (AvgIpc) is 3.32. The molecule has 5 atom stereocenters. The molecule has 10 nitrogen and oxygen atoms in total.